The Hall–Kier alpha value is -0.760. The van der Waals surface area contributed by atoms with Gasteiger partial charge in [0.15, 0.2) is 0 Å². The van der Waals surface area contributed by atoms with Crippen molar-refractivity contribution in [3.63, 3.8) is 0 Å². The van der Waals surface area contributed by atoms with Crippen molar-refractivity contribution in [1.82, 2.24) is 0 Å². The lowest BCUT2D eigenvalue weighted by atomic mass is 10.1. The van der Waals surface area contributed by atoms with E-state index in [4.69, 9.17) is 0 Å². The lowest BCUT2D eigenvalue weighted by molar-refractivity contribution is -0.384. The molecule has 0 spiro atoms. The summed E-state index contributed by atoms with van der Waals surface area (Å²) in [6.07, 6.45) is 0. The number of nitro groups is 1. The van der Waals surface area contributed by atoms with Crippen LogP contribution in [0.4, 0.5) is 11.4 Å². The third-order valence-corrected chi connectivity index (χ3v) is 2.78. The number of nitro benzene ring substituents is 1. The zero-order valence-corrected chi connectivity index (χ0v) is 11.0. The largest absolute Gasteiger partial charge is 0.320 e. The predicted octanol–water partition coefficient (Wildman–Crippen LogP) is 4.04. The molecule has 80 valence electrons. The van der Waals surface area contributed by atoms with E-state index in [2.05, 4.69) is 32.5 Å². The molecule has 0 unspecified atom stereocenters. The molecule has 0 heterocycles. The van der Waals surface area contributed by atoms with Crippen LogP contribution in [0.5, 0.6) is 0 Å². The number of nitrogens with one attached hydrogen (secondary N) is 1. The van der Waals surface area contributed by atoms with E-state index in [-0.39, 0.29) is 5.69 Å². The molecule has 0 amide bonds. The summed E-state index contributed by atoms with van der Waals surface area (Å²) in [5.41, 5.74) is 2.49. The predicted molar refractivity (Wildman–Crippen MR) is 73.0 cm³/mol. The Labute approximate surface area is 104 Å². The highest BCUT2D eigenvalue weighted by Gasteiger charge is 2.10. The number of non-ortho nitro benzene ring substituents is 1. The highest BCUT2D eigenvalue weighted by atomic mass is 127. The van der Waals surface area contributed by atoms with Crippen molar-refractivity contribution in [3.05, 3.63) is 40.5 Å². The number of benzene rings is 1. The van der Waals surface area contributed by atoms with E-state index in [0.717, 1.165) is 16.8 Å². The molecule has 0 atom stereocenters. The quantitative estimate of drug-likeness (QED) is 0.390. The van der Waals surface area contributed by atoms with Gasteiger partial charge in [-0.2, -0.15) is 0 Å². The van der Waals surface area contributed by atoms with Crippen molar-refractivity contribution in [3.8, 4) is 0 Å². The van der Waals surface area contributed by atoms with Crippen LogP contribution in [-0.2, 0) is 0 Å². The van der Waals surface area contributed by atoms with Crippen LogP contribution in [0.1, 0.15) is 12.5 Å². The molecule has 15 heavy (non-hydrogen) atoms. The Bertz CT molecular complexity index is 409. The van der Waals surface area contributed by atoms with Gasteiger partial charge in [-0.25, -0.2) is 0 Å². The first-order valence-electron chi connectivity index (χ1n) is 4.04. The van der Waals surface area contributed by atoms with Crippen LogP contribution in [-0.4, -0.2) is 4.92 Å². The summed E-state index contributed by atoms with van der Waals surface area (Å²) in [5, 5.41) is 10.6. The average Bonchev–Trinajstić information content (AvgIpc) is 2.18. The van der Waals surface area contributed by atoms with Crippen LogP contribution in [0.25, 0.3) is 5.57 Å². The second-order valence-corrected chi connectivity index (χ2v) is 4.63. The van der Waals surface area contributed by atoms with Gasteiger partial charge < -0.3 is 4.72 Å². The smallest absolute Gasteiger partial charge is 0.270 e. The molecular formula is C9H9IN2O2S. The van der Waals surface area contributed by atoms with Gasteiger partial charge in [0.05, 0.1) is 10.6 Å². The first kappa shape index (κ1) is 12.3. The van der Waals surface area contributed by atoms with Gasteiger partial charge >= 0.3 is 0 Å². The normalized spacial score (nSPS) is 9.73. The van der Waals surface area contributed by atoms with Gasteiger partial charge in [-0.1, -0.05) is 6.58 Å². The molecule has 0 aliphatic carbocycles. The molecule has 0 radical (unpaired) electrons. The summed E-state index contributed by atoms with van der Waals surface area (Å²) in [7, 11) is 1.41. The number of allylic oxidation sites excluding steroid dienone is 1. The van der Waals surface area contributed by atoms with Crippen molar-refractivity contribution >= 4 is 47.3 Å². The number of halogens is 1. The number of hydrogen-bond acceptors (Lipinski definition) is 4. The van der Waals surface area contributed by atoms with Crippen molar-refractivity contribution in [2.24, 2.45) is 0 Å². The monoisotopic (exact) mass is 336 g/mol. The maximum atomic E-state index is 10.6. The highest BCUT2D eigenvalue weighted by molar-refractivity contribution is 14.2. The van der Waals surface area contributed by atoms with Gasteiger partial charge in [-0.15, -0.1) is 0 Å². The Morgan fingerprint density at radius 3 is 2.80 bits per heavy atom. The molecule has 0 saturated heterocycles. The molecule has 0 saturated carbocycles. The summed E-state index contributed by atoms with van der Waals surface area (Å²) in [5.74, 6) is 0. The van der Waals surface area contributed by atoms with Gasteiger partial charge in [0.1, 0.15) is 0 Å². The van der Waals surface area contributed by atoms with Crippen molar-refractivity contribution in [2.45, 2.75) is 6.92 Å². The lowest BCUT2D eigenvalue weighted by Crippen LogP contribution is -1.93. The van der Waals surface area contributed by atoms with E-state index in [9.17, 15) is 10.1 Å². The SMILES string of the molecule is C=C(C)c1cc([N+](=O)[O-])ccc1NSI. The molecule has 4 nitrogen and oxygen atoms in total. The van der Waals surface area contributed by atoms with E-state index in [1.165, 1.54) is 21.3 Å². The summed E-state index contributed by atoms with van der Waals surface area (Å²) in [4.78, 5) is 10.2. The molecule has 0 bridgehead atoms. The minimum absolute atomic E-state index is 0.0806. The number of anilines is 1. The fraction of sp³-hybridized carbons (Fsp3) is 0.111. The number of nitrogens with zero attached hydrogens (tertiary/aromatic N) is 1. The van der Waals surface area contributed by atoms with Crippen LogP contribution in [0, 0.1) is 10.1 Å². The van der Waals surface area contributed by atoms with E-state index >= 15 is 0 Å². The van der Waals surface area contributed by atoms with E-state index in [1.807, 2.05) is 6.92 Å². The van der Waals surface area contributed by atoms with Crippen LogP contribution >= 0.6 is 30.3 Å². The first-order chi connectivity index (χ1) is 7.06. The second kappa shape index (κ2) is 5.36. The third kappa shape index (κ3) is 3.10. The Kier molecular flexibility index (Phi) is 4.40. The summed E-state index contributed by atoms with van der Waals surface area (Å²) in [6, 6.07) is 4.69. The molecule has 0 fully saturated rings. The number of rotatable bonds is 4. The molecular weight excluding hydrogens is 327 g/mol. The van der Waals surface area contributed by atoms with Gasteiger partial charge in [0.25, 0.3) is 5.69 Å². The molecule has 1 aromatic carbocycles. The Balaban J connectivity index is 3.20. The van der Waals surface area contributed by atoms with Crippen molar-refractivity contribution in [1.29, 1.82) is 0 Å². The van der Waals surface area contributed by atoms with Gasteiger partial charge in [-0.05, 0) is 18.6 Å². The molecule has 1 rings (SSSR count). The highest BCUT2D eigenvalue weighted by Crippen LogP contribution is 2.30. The Morgan fingerprint density at radius 1 is 1.67 bits per heavy atom. The summed E-state index contributed by atoms with van der Waals surface area (Å²) in [6.45, 7) is 5.62. The number of hydrogen-bond donors (Lipinski definition) is 1. The Morgan fingerprint density at radius 2 is 2.33 bits per heavy atom. The van der Waals surface area contributed by atoms with E-state index in [0.29, 0.717) is 0 Å². The molecule has 0 aliphatic rings. The molecule has 0 aliphatic heterocycles. The molecule has 1 N–H and O–H groups in total. The van der Waals surface area contributed by atoms with Crippen LogP contribution in [0.2, 0.25) is 0 Å². The minimum atomic E-state index is -0.409. The fourth-order valence-corrected chi connectivity index (χ4v) is 2.10. The van der Waals surface area contributed by atoms with Crippen LogP contribution in [0.3, 0.4) is 0 Å². The third-order valence-electron chi connectivity index (χ3n) is 1.82. The zero-order chi connectivity index (χ0) is 11.4. The standard InChI is InChI=1S/C9H9IN2O2S/c1-6(2)8-5-7(12(13)14)3-4-9(8)11-15-10/h3-5,11H,1H2,2H3. The van der Waals surface area contributed by atoms with Crippen LogP contribution < -0.4 is 4.72 Å². The molecule has 0 aromatic heterocycles. The second-order valence-electron chi connectivity index (χ2n) is 2.95. The molecule has 1 aromatic rings. The minimum Gasteiger partial charge on any atom is -0.320 e. The van der Waals surface area contributed by atoms with Crippen LogP contribution in [0.15, 0.2) is 24.8 Å². The maximum absolute atomic E-state index is 10.6. The van der Waals surface area contributed by atoms with Crippen molar-refractivity contribution in [2.75, 3.05) is 4.72 Å². The fourth-order valence-electron chi connectivity index (χ4n) is 1.13. The summed E-state index contributed by atoms with van der Waals surface area (Å²) < 4.78 is 3.04. The molecule has 6 heteroatoms. The first-order valence-corrected chi connectivity index (χ1v) is 7.40. The lowest BCUT2D eigenvalue weighted by Gasteiger charge is -2.08. The summed E-state index contributed by atoms with van der Waals surface area (Å²) >= 11 is 2.10. The zero-order valence-electron chi connectivity index (χ0n) is 7.99. The topological polar surface area (TPSA) is 55.2 Å². The van der Waals surface area contributed by atoms with Gasteiger partial charge in [0, 0.05) is 48.0 Å². The van der Waals surface area contributed by atoms with E-state index in [1.54, 1.807) is 6.07 Å². The van der Waals surface area contributed by atoms with Gasteiger partial charge in [-0.3, -0.25) is 10.1 Å². The average molecular weight is 336 g/mol. The van der Waals surface area contributed by atoms with Crippen molar-refractivity contribution < 1.29 is 4.92 Å². The maximum Gasteiger partial charge on any atom is 0.270 e. The van der Waals surface area contributed by atoms with E-state index < -0.39 is 4.92 Å². The van der Waals surface area contributed by atoms with Gasteiger partial charge in [0.2, 0.25) is 0 Å².